The van der Waals surface area contributed by atoms with Gasteiger partial charge in [0.1, 0.15) is 0 Å². The molecule has 0 aliphatic rings. The van der Waals surface area contributed by atoms with Gasteiger partial charge in [0.2, 0.25) is 11.2 Å². The second-order valence-corrected chi connectivity index (χ2v) is 2.20. The van der Waals surface area contributed by atoms with Gasteiger partial charge in [0.05, 0.1) is 0 Å². The van der Waals surface area contributed by atoms with Crippen molar-refractivity contribution in [2.45, 2.75) is 6.43 Å². The summed E-state index contributed by atoms with van der Waals surface area (Å²) in [4.78, 5) is 7.10. The molecular formula is C6H5ClF2N2O. The second kappa shape index (κ2) is 4.15. The predicted octanol–water partition coefficient (Wildman–Crippen LogP) is 1.77. The van der Waals surface area contributed by atoms with Gasteiger partial charge in [-0.25, -0.2) is 13.8 Å². The molecule has 0 aromatic carbocycles. The Hall–Kier alpha value is -0.970. The number of ether oxygens (including phenoxy) is 1. The van der Waals surface area contributed by atoms with Crippen molar-refractivity contribution in [1.29, 1.82) is 0 Å². The lowest BCUT2D eigenvalue weighted by Crippen LogP contribution is -2.07. The maximum absolute atomic E-state index is 11.6. The molecule has 0 spiro atoms. The zero-order valence-corrected chi connectivity index (χ0v) is 6.63. The Balaban J connectivity index is 2.52. The van der Waals surface area contributed by atoms with Crippen LogP contribution >= 0.6 is 11.6 Å². The van der Waals surface area contributed by atoms with E-state index in [9.17, 15) is 8.78 Å². The van der Waals surface area contributed by atoms with Gasteiger partial charge in [-0.05, 0) is 11.6 Å². The zero-order valence-electron chi connectivity index (χ0n) is 5.88. The summed E-state index contributed by atoms with van der Waals surface area (Å²) in [5, 5.41) is -0.0261. The van der Waals surface area contributed by atoms with Gasteiger partial charge in [0.25, 0.3) is 6.43 Å². The van der Waals surface area contributed by atoms with Crippen molar-refractivity contribution in [2.75, 3.05) is 6.61 Å². The molecule has 0 bridgehead atoms. The van der Waals surface area contributed by atoms with Crippen LogP contribution in [0.3, 0.4) is 0 Å². The molecule has 0 fully saturated rings. The Morgan fingerprint density at radius 2 is 2.33 bits per heavy atom. The highest BCUT2D eigenvalue weighted by atomic mass is 35.5. The molecule has 0 unspecified atom stereocenters. The van der Waals surface area contributed by atoms with Crippen molar-refractivity contribution >= 4 is 11.6 Å². The van der Waals surface area contributed by atoms with E-state index in [1.54, 1.807) is 0 Å². The van der Waals surface area contributed by atoms with Gasteiger partial charge in [0, 0.05) is 12.3 Å². The molecule has 0 aliphatic heterocycles. The van der Waals surface area contributed by atoms with Gasteiger partial charge in [0.15, 0.2) is 6.61 Å². The van der Waals surface area contributed by atoms with Crippen molar-refractivity contribution in [3.8, 4) is 5.88 Å². The normalized spacial score (nSPS) is 10.3. The van der Waals surface area contributed by atoms with Gasteiger partial charge in [-0.1, -0.05) is 0 Å². The summed E-state index contributed by atoms with van der Waals surface area (Å²) in [6.07, 6.45) is -1.19. The quantitative estimate of drug-likeness (QED) is 0.688. The van der Waals surface area contributed by atoms with Gasteiger partial charge in [-0.15, -0.1) is 0 Å². The second-order valence-electron chi connectivity index (χ2n) is 1.87. The van der Waals surface area contributed by atoms with Crippen molar-refractivity contribution in [3.63, 3.8) is 0 Å². The molecule has 0 amide bonds. The third-order valence-corrected chi connectivity index (χ3v) is 1.14. The van der Waals surface area contributed by atoms with Crippen LogP contribution in [0.2, 0.25) is 5.28 Å². The molecule has 0 saturated carbocycles. The molecule has 0 radical (unpaired) electrons. The van der Waals surface area contributed by atoms with Crippen molar-refractivity contribution in [1.82, 2.24) is 9.97 Å². The number of rotatable bonds is 3. The van der Waals surface area contributed by atoms with Crippen LogP contribution in [0.4, 0.5) is 8.78 Å². The lowest BCUT2D eigenvalue weighted by Gasteiger charge is -2.02. The third kappa shape index (κ3) is 2.96. The number of aromatic nitrogens is 2. The van der Waals surface area contributed by atoms with Crippen LogP contribution in [0.5, 0.6) is 5.88 Å². The zero-order chi connectivity index (χ0) is 8.97. The average molecular weight is 195 g/mol. The lowest BCUT2D eigenvalue weighted by molar-refractivity contribution is 0.0795. The number of alkyl halides is 2. The average Bonchev–Trinajstić information content (AvgIpc) is 2.01. The summed E-state index contributed by atoms with van der Waals surface area (Å²) in [7, 11) is 0. The smallest absolute Gasteiger partial charge is 0.272 e. The van der Waals surface area contributed by atoms with Crippen LogP contribution in [-0.4, -0.2) is 23.0 Å². The largest absolute Gasteiger partial charge is 0.471 e. The van der Waals surface area contributed by atoms with E-state index in [2.05, 4.69) is 14.7 Å². The summed E-state index contributed by atoms with van der Waals surface area (Å²) in [5.41, 5.74) is 0. The Kier molecular flexibility index (Phi) is 3.16. The Bertz CT molecular complexity index is 259. The van der Waals surface area contributed by atoms with E-state index in [1.165, 1.54) is 12.3 Å². The number of hydrogen-bond donors (Lipinski definition) is 0. The Morgan fingerprint density at radius 3 is 2.92 bits per heavy atom. The molecule has 0 atom stereocenters. The van der Waals surface area contributed by atoms with Crippen LogP contribution in [-0.2, 0) is 0 Å². The van der Waals surface area contributed by atoms with Crippen LogP contribution in [0, 0.1) is 0 Å². The maximum Gasteiger partial charge on any atom is 0.272 e. The number of hydrogen-bond acceptors (Lipinski definition) is 3. The maximum atomic E-state index is 11.6. The first kappa shape index (κ1) is 9.12. The molecule has 12 heavy (non-hydrogen) atoms. The molecule has 0 saturated heterocycles. The summed E-state index contributed by atoms with van der Waals surface area (Å²) < 4.78 is 27.8. The van der Waals surface area contributed by atoms with Gasteiger partial charge in [-0.2, -0.15) is 4.98 Å². The number of nitrogens with zero attached hydrogens (tertiary/aromatic N) is 2. The molecule has 6 heteroatoms. The summed E-state index contributed by atoms with van der Waals surface area (Å²) in [6.45, 7) is -0.687. The van der Waals surface area contributed by atoms with Crippen molar-refractivity contribution < 1.29 is 13.5 Å². The van der Waals surface area contributed by atoms with Crippen LogP contribution < -0.4 is 4.74 Å². The molecule has 1 heterocycles. The fourth-order valence-electron chi connectivity index (χ4n) is 0.548. The molecular weight excluding hydrogens is 190 g/mol. The first-order valence-corrected chi connectivity index (χ1v) is 3.46. The van der Waals surface area contributed by atoms with E-state index < -0.39 is 13.0 Å². The summed E-state index contributed by atoms with van der Waals surface area (Å²) in [5.74, 6) is 0.0512. The fraction of sp³-hybridized carbons (Fsp3) is 0.333. The fourth-order valence-corrected chi connectivity index (χ4v) is 0.688. The van der Waals surface area contributed by atoms with E-state index in [-0.39, 0.29) is 11.2 Å². The predicted molar refractivity (Wildman–Crippen MR) is 38.5 cm³/mol. The van der Waals surface area contributed by atoms with Gasteiger partial charge in [-0.3, -0.25) is 0 Å². The molecule has 1 aromatic heterocycles. The topological polar surface area (TPSA) is 35.0 Å². The monoisotopic (exact) mass is 194 g/mol. The Morgan fingerprint density at radius 1 is 1.58 bits per heavy atom. The lowest BCUT2D eigenvalue weighted by atomic mass is 10.6. The molecule has 1 rings (SSSR count). The Labute approximate surface area is 72.3 Å². The van der Waals surface area contributed by atoms with Crippen LogP contribution in [0.1, 0.15) is 0 Å². The molecule has 66 valence electrons. The standard InChI is InChI=1S/C6H5ClF2N2O/c7-6-10-2-1-5(11-6)12-3-4(8)9/h1-2,4H,3H2. The molecule has 0 N–H and O–H groups in total. The SMILES string of the molecule is FC(F)COc1ccnc(Cl)n1. The number of halogens is 3. The van der Waals surface area contributed by atoms with Crippen LogP contribution in [0.25, 0.3) is 0 Å². The van der Waals surface area contributed by atoms with Gasteiger partial charge >= 0.3 is 0 Å². The van der Waals surface area contributed by atoms with E-state index in [1.807, 2.05) is 0 Å². The molecule has 3 nitrogen and oxygen atoms in total. The van der Waals surface area contributed by atoms with E-state index in [0.717, 1.165) is 0 Å². The minimum Gasteiger partial charge on any atom is -0.471 e. The first-order valence-electron chi connectivity index (χ1n) is 3.08. The molecule has 1 aromatic rings. The van der Waals surface area contributed by atoms with Crippen molar-refractivity contribution in [2.24, 2.45) is 0 Å². The minimum atomic E-state index is -2.52. The van der Waals surface area contributed by atoms with E-state index >= 15 is 0 Å². The highest BCUT2D eigenvalue weighted by Gasteiger charge is 2.04. The van der Waals surface area contributed by atoms with E-state index in [0.29, 0.717) is 0 Å². The first-order chi connectivity index (χ1) is 5.68. The third-order valence-electron chi connectivity index (χ3n) is 0.958. The summed E-state index contributed by atoms with van der Waals surface area (Å²) >= 11 is 5.37. The van der Waals surface area contributed by atoms with E-state index in [4.69, 9.17) is 11.6 Å². The molecule has 0 aliphatic carbocycles. The van der Waals surface area contributed by atoms with Crippen molar-refractivity contribution in [3.05, 3.63) is 17.5 Å². The summed E-state index contributed by atoms with van der Waals surface area (Å²) in [6, 6.07) is 1.36. The highest BCUT2D eigenvalue weighted by molar-refractivity contribution is 6.28. The minimum absolute atomic E-state index is 0.0261. The van der Waals surface area contributed by atoms with Crippen LogP contribution in [0.15, 0.2) is 12.3 Å². The van der Waals surface area contributed by atoms with Gasteiger partial charge < -0.3 is 4.74 Å². The highest BCUT2D eigenvalue weighted by Crippen LogP contribution is 2.09.